The van der Waals surface area contributed by atoms with Crippen molar-refractivity contribution in [1.82, 2.24) is 9.97 Å². The summed E-state index contributed by atoms with van der Waals surface area (Å²) in [6, 6.07) is 18.5. The monoisotopic (exact) mass is 296 g/mol. The highest BCUT2D eigenvalue weighted by atomic mass is 16.4. The van der Waals surface area contributed by atoms with Gasteiger partial charge in [0.15, 0.2) is 0 Å². The van der Waals surface area contributed by atoms with Crippen molar-refractivity contribution in [2.24, 2.45) is 0 Å². The van der Waals surface area contributed by atoms with Crippen LogP contribution in [0, 0.1) is 0 Å². The number of carboxylic acids is 1. The van der Waals surface area contributed by atoms with Crippen molar-refractivity contribution in [2.75, 3.05) is 0 Å². The van der Waals surface area contributed by atoms with Gasteiger partial charge in [0.05, 0.1) is 11.0 Å². The summed E-state index contributed by atoms with van der Waals surface area (Å²) in [5.41, 5.74) is 3.42. The van der Waals surface area contributed by atoms with Crippen molar-refractivity contribution in [3.8, 4) is 0 Å². The lowest BCUT2D eigenvalue weighted by atomic mass is 10.1. The number of carboxylic acid groups (broad SMARTS) is 1. The maximum atomic E-state index is 9.37. The maximum absolute atomic E-state index is 9.37. The molecule has 0 saturated heterocycles. The lowest BCUT2D eigenvalue weighted by Crippen LogP contribution is -1.92. The molecule has 5 nitrogen and oxygen atoms in total. The number of carbonyl (C=O) groups excluding carboxylic acids is 1. The van der Waals surface area contributed by atoms with Gasteiger partial charge >= 0.3 is 5.97 Å². The largest absolute Gasteiger partial charge is 0.481 e. The van der Waals surface area contributed by atoms with E-state index in [9.17, 15) is 9.59 Å². The molecule has 0 atom stereocenters. The molecule has 0 aliphatic carbocycles. The van der Waals surface area contributed by atoms with Crippen LogP contribution in [-0.2, 0) is 16.0 Å². The van der Waals surface area contributed by atoms with Crippen LogP contribution in [0.1, 0.15) is 17.8 Å². The second-order valence-corrected chi connectivity index (χ2v) is 4.63. The van der Waals surface area contributed by atoms with E-state index in [4.69, 9.17) is 5.11 Å². The zero-order valence-corrected chi connectivity index (χ0v) is 11.9. The smallest absolute Gasteiger partial charge is 0.310 e. The first kappa shape index (κ1) is 15.4. The lowest BCUT2D eigenvalue weighted by molar-refractivity contribution is -0.138. The van der Waals surface area contributed by atoms with Gasteiger partial charge in [-0.05, 0) is 17.7 Å². The highest BCUT2D eigenvalue weighted by Gasteiger charge is 2.02. The highest BCUT2D eigenvalue weighted by Crippen LogP contribution is 2.13. The summed E-state index contributed by atoms with van der Waals surface area (Å²) >= 11 is 0. The van der Waals surface area contributed by atoms with E-state index in [1.165, 1.54) is 5.56 Å². The standard InChI is InChI=1S/C14H12N2.C3H4O3/c1-2-6-11(7-3-1)10-14-15-12-8-4-5-9-13(12)16-14;4-2-1-3(5)6/h1-9H,10H2,(H,15,16);2H,1H2,(H,5,6). The Balaban J connectivity index is 0.000000254. The molecule has 0 fully saturated rings. The number of benzene rings is 2. The molecule has 3 aromatic rings. The molecule has 0 unspecified atom stereocenters. The molecule has 0 radical (unpaired) electrons. The molecule has 22 heavy (non-hydrogen) atoms. The SMILES string of the molecule is O=CCC(=O)O.c1ccc(Cc2nc3ccccc3[nH]2)cc1. The molecule has 1 aromatic heterocycles. The molecule has 1 heterocycles. The van der Waals surface area contributed by atoms with Gasteiger partial charge in [0, 0.05) is 6.42 Å². The molecule has 2 aromatic carbocycles. The quantitative estimate of drug-likeness (QED) is 0.573. The van der Waals surface area contributed by atoms with Gasteiger partial charge in [-0.2, -0.15) is 0 Å². The van der Waals surface area contributed by atoms with Crippen LogP contribution in [-0.4, -0.2) is 27.3 Å². The van der Waals surface area contributed by atoms with E-state index in [1.54, 1.807) is 0 Å². The van der Waals surface area contributed by atoms with E-state index in [0.29, 0.717) is 6.29 Å². The van der Waals surface area contributed by atoms with Crippen molar-refractivity contribution >= 4 is 23.3 Å². The van der Waals surface area contributed by atoms with E-state index in [-0.39, 0.29) is 6.42 Å². The molecule has 0 spiro atoms. The normalized spacial score (nSPS) is 9.82. The Morgan fingerprint density at radius 2 is 1.77 bits per heavy atom. The summed E-state index contributed by atoms with van der Waals surface area (Å²) in [6.07, 6.45) is 0.817. The highest BCUT2D eigenvalue weighted by molar-refractivity contribution is 5.82. The molecule has 0 bridgehead atoms. The number of hydrogen-bond acceptors (Lipinski definition) is 3. The predicted molar refractivity (Wildman–Crippen MR) is 83.7 cm³/mol. The van der Waals surface area contributed by atoms with Crippen LogP contribution in [0.25, 0.3) is 11.0 Å². The number of imidazole rings is 1. The lowest BCUT2D eigenvalue weighted by Gasteiger charge is -1.96. The third-order valence-corrected chi connectivity index (χ3v) is 2.91. The molecule has 112 valence electrons. The Labute approximate surface area is 127 Å². The fourth-order valence-electron chi connectivity index (χ4n) is 1.95. The van der Waals surface area contributed by atoms with Crippen molar-refractivity contribution in [2.45, 2.75) is 12.8 Å². The van der Waals surface area contributed by atoms with Crippen LogP contribution < -0.4 is 0 Å². The number of nitrogens with one attached hydrogen (secondary N) is 1. The van der Waals surface area contributed by atoms with Gasteiger partial charge in [0.2, 0.25) is 0 Å². The first-order valence-corrected chi connectivity index (χ1v) is 6.82. The molecular weight excluding hydrogens is 280 g/mol. The average molecular weight is 296 g/mol. The molecule has 5 heteroatoms. The summed E-state index contributed by atoms with van der Waals surface area (Å²) < 4.78 is 0. The number of carbonyl (C=O) groups is 2. The molecule has 0 aliphatic heterocycles. The first-order chi connectivity index (χ1) is 10.7. The third kappa shape index (κ3) is 4.56. The van der Waals surface area contributed by atoms with Gasteiger partial charge in [0.25, 0.3) is 0 Å². The molecule has 0 aliphatic rings. The van der Waals surface area contributed by atoms with E-state index in [1.807, 2.05) is 24.3 Å². The molecule has 3 rings (SSSR count). The Hall–Kier alpha value is -2.95. The number of H-pyrrole nitrogens is 1. The van der Waals surface area contributed by atoms with E-state index >= 15 is 0 Å². The number of nitrogens with zero attached hydrogens (tertiary/aromatic N) is 1. The summed E-state index contributed by atoms with van der Waals surface area (Å²) in [5, 5.41) is 7.68. The van der Waals surface area contributed by atoms with Crippen molar-refractivity contribution in [3.05, 3.63) is 66.0 Å². The van der Waals surface area contributed by atoms with Crippen molar-refractivity contribution < 1.29 is 14.7 Å². The zero-order chi connectivity index (χ0) is 15.8. The van der Waals surface area contributed by atoms with Crippen molar-refractivity contribution in [3.63, 3.8) is 0 Å². The van der Waals surface area contributed by atoms with Gasteiger partial charge in [0.1, 0.15) is 18.5 Å². The van der Waals surface area contributed by atoms with E-state index < -0.39 is 5.97 Å². The van der Waals surface area contributed by atoms with Gasteiger partial charge in [-0.25, -0.2) is 4.98 Å². The predicted octanol–water partition coefficient (Wildman–Crippen LogP) is 2.81. The second-order valence-electron chi connectivity index (χ2n) is 4.63. The molecular formula is C17H16N2O3. The third-order valence-electron chi connectivity index (χ3n) is 2.91. The van der Waals surface area contributed by atoms with Gasteiger partial charge in [-0.3, -0.25) is 4.79 Å². The zero-order valence-electron chi connectivity index (χ0n) is 11.9. The van der Waals surface area contributed by atoms with Crippen LogP contribution in [0.4, 0.5) is 0 Å². The van der Waals surface area contributed by atoms with Crippen LogP contribution >= 0.6 is 0 Å². The van der Waals surface area contributed by atoms with Crippen molar-refractivity contribution in [1.29, 1.82) is 0 Å². The number of aliphatic carboxylic acids is 1. The van der Waals surface area contributed by atoms with E-state index in [0.717, 1.165) is 23.3 Å². The van der Waals surface area contributed by atoms with Gasteiger partial charge in [-0.15, -0.1) is 0 Å². The second kappa shape index (κ2) is 7.73. The molecule has 0 amide bonds. The number of aromatic amines is 1. The summed E-state index contributed by atoms with van der Waals surface area (Å²) in [7, 11) is 0. The summed E-state index contributed by atoms with van der Waals surface area (Å²) in [5.74, 6) is -0.0580. The fourth-order valence-corrected chi connectivity index (χ4v) is 1.95. The summed E-state index contributed by atoms with van der Waals surface area (Å²) in [6.45, 7) is 0. The van der Waals surface area contributed by atoms with Crippen LogP contribution in [0.2, 0.25) is 0 Å². The number of fused-ring (bicyclic) bond motifs is 1. The Kier molecular flexibility index (Phi) is 5.43. The maximum Gasteiger partial charge on any atom is 0.310 e. The Morgan fingerprint density at radius 3 is 2.36 bits per heavy atom. The molecule has 0 saturated carbocycles. The number of para-hydroxylation sites is 2. The Bertz CT molecular complexity index is 718. The number of aromatic nitrogens is 2. The number of rotatable bonds is 4. The minimum absolute atomic E-state index is 0.350. The minimum Gasteiger partial charge on any atom is -0.481 e. The van der Waals surface area contributed by atoms with E-state index in [2.05, 4.69) is 40.3 Å². The van der Waals surface area contributed by atoms with Crippen LogP contribution in [0.5, 0.6) is 0 Å². The Morgan fingerprint density at radius 1 is 1.09 bits per heavy atom. The number of aldehydes is 1. The van der Waals surface area contributed by atoms with Crippen LogP contribution in [0.3, 0.4) is 0 Å². The summed E-state index contributed by atoms with van der Waals surface area (Å²) in [4.78, 5) is 26.5. The van der Waals surface area contributed by atoms with Gasteiger partial charge in [-0.1, -0.05) is 42.5 Å². The molecule has 2 N–H and O–H groups in total. The first-order valence-electron chi connectivity index (χ1n) is 6.82. The van der Waals surface area contributed by atoms with Gasteiger partial charge < -0.3 is 14.9 Å². The minimum atomic E-state index is -1.08. The fraction of sp³-hybridized carbons (Fsp3) is 0.118. The van der Waals surface area contributed by atoms with Crippen LogP contribution in [0.15, 0.2) is 54.6 Å². The number of hydrogen-bond donors (Lipinski definition) is 2. The average Bonchev–Trinajstić information content (AvgIpc) is 2.91. The topological polar surface area (TPSA) is 83.1 Å².